The minimum absolute atomic E-state index is 0.566. The van der Waals surface area contributed by atoms with Crippen molar-refractivity contribution < 1.29 is 4.74 Å². The maximum absolute atomic E-state index is 6.11. The van der Waals surface area contributed by atoms with Crippen LogP contribution < -0.4 is 4.74 Å². The zero-order valence-electron chi connectivity index (χ0n) is 13.4. The zero-order valence-corrected chi connectivity index (χ0v) is 14.2. The molecule has 3 aromatic rings. The van der Waals surface area contributed by atoms with E-state index >= 15 is 0 Å². The van der Waals surface area contributed by atoms with Crippen LogP contribution in [0.25, 0.3) is 0 Å². The molecule has 24 heavy (non-hydrogen) atoms. The van der Waals surface area contributed by atoms with Crippen LogP contribution in [0, 0.1) is 6.92 Å². The van der Waals surface area contributed by atoms with E-state index in [-0.39, 0.29) is 0 Å². The Balaban J connectivity index is 1.61. The molecule has 0 aliphatic carbocycles. The van der Waals surface area contributed by atoms with E-state index < -0.39 is 0 Å². The Hall–Kier alpha value is -2.58. The predicted octanol–water partition coefficient (Wildman–Crippen LogP) is 5.98. The second-order valence-electron chi connectivity index (χ2n) is 5.53. The van der Waals surface area contributed by atoms with Gasteiger partial charge in [-0.1, -0.05) is 48.0 Å². The standard InChI is InChI=1S/C21H18ClNO/c1-16-7-10-19(13-21(16)22)23-14-17-8-11-20(12-9-17)24-15-18-5-3-2-4-6-18/h2-14H,15H2,1H3. The lowest BCUT2D eigenvalue weighted by atomic mass is 10.2. The number of rotatable bonds is 5. The van der Waals surface area contributed by atoms with Gasteiger partial charge in [-0.25, -0.2) is 0 Å². The molecule has 0 heterocycles. The highest BCUT2D eigenvalue weighted by atomic mass is 35.5. The van der Waals surface area contributed by atoms with Crippen molar-refractivity contribution in [3.05, 3.63) is 94.5 Å². The molecule has 120 valence electrons. The Morgan fingerprint density at radius 3 is 2.42 bits per heavy atom. The van der Waals surface area contributed by atoms with Crippen molar-refractivity contribution in [1.82, 2.24) is 0 Å². The topological polar surface area (TPSA) is 21.6 Å². The summed E-state index contributed by atoms with van der Waals surface area (Å²) < 4.78 is 5.78. The summed E-state index contributed by atoms with van der Waals surface area (Å²) in [4.78, 5) is 4.45. The van der Waals surface area contributed by atoms with Gasteiger partial charge in [0.1, 0.15) is 12.4 Å². The number of aliphatic imine (C=N–C) groups is 1. The smallest absolute Gasteiger partial charge is 0.119 e. The minimum atomic E-state index is 0.566. The third-order valence-corrected chi connectivity index (χ3v) is 4.05. The molecule has 3 heteroatoms. The molecule has 0 aliphatic rings. The van der Waals surface area contributed by atoms with Gasteiger partial charge in [-0.2, -0.15) is 0 Å². The Morgan fingerprint density at radius 1 is 0.958 bits per heavy atom. The SMILES string of the molecule is Cc1ccc(N=Cc2ccc(OCc3ccccc3)cc2)cc1Cl. The molecule has 0 N–H and O–H groups in total. The van der Waals surface area contributed by atoms with E-state index in [9.17, 15) is 0 Å². The molecule has 0 aliphatic heterocycles. The summed E-state index contributed by atoms with van der Waals surface area (Å²) in [5.74, 6) is 0.842. The number of benzene rings is 3. The van der Waals surface area contributed by atoms with Crippen molar-refractivity contribution in [3.63, 3.8) is 0 Å². The number of hydrogen-bond acceptors (Lipinski definition) is 2. The first-order valence-electron chi connectivity index (χ1n) is 7.78. The van der Waals surface area contributed by atoms with Gasteiger partial charge in [0, 0.05) is 11.2 Å². The first-order valence-corrected chi connectivity index (χ1v) is 8.15. The monoisotopic (exact) mass is 335 g/mol. The van der Waals surface area contributed by atoms with Gasteiger partial charge >= 0.3 is 0 Å². The van der Waals surface area contributed by atoms with Crippen LogP contribution in [0.5, 0.6) is 5.75 Å². The fourth-order valence-corrected chi connectivity index (χ4v) is 2.38. The zero-order chi connectivity index (χ0) is 16.8. The van der Waals surface area contributed by atoms with Crippen LogP contribution in [0.1, 0.15) is 16.7 Å². The largest absolute Gasteiger partial charge is 0.489 e. The number of nitrogens with zero attached hydrogens (tertiary/aromatic N) is 1. The van der Waals surface area contributed by atoms with Crippen LogP contribution in [0.2, 0.25) is 5.02 Å². The van der Waals surface area contributed by atoms with Crippen LogP contribution in [0.3, 0.4) is 0 Å². The highest BCUT2D eigenvalue weighted by molar-refractivity contribution is 6.31. The van der Waals surface area contributed by atoms with Crippen LogP contribution in [-0.2, 0) is 6.61 Å². The Bertz CT molecular complexity index is 826. The second kappa shape index (κ2) is 7.80. The first-order chi connectivity index (χ1) is 11.7. The third kappa shape index (κ3) is 4.46. The lowest BCUT2D eigenvalue weighted by molar-refractivity contribution is 0.306. The maximum atomic E-state index is 6.11. The van der Waals surface area contributed by atoms with Crippen molar-refractivity contribution in [1.29, 1.82) is 0 Å². The molecule has 0 radical (unpaired) electrons. The normalized spacial score (nSPS) is 10.9. The summed E-state index contributed by atoms with van der Waals surface area (Å²) in [6, 6.07) is 23.8. The fraction of sp³-hybridized carbons (Fsp3) is 0.0952. The average Bonchev–Trinajstić information content (AvgIpc) is 2.63. The van der Waals surface area contributed by atoms with Gasteiger partial charge in [-0.15, -0.1) is 0 Å². The van der Waals surface area contributed by atoms with Crippen LogP contribution >= 0.6 is 11.6 Å². The van der Waals surface area contributed by atoms with Gasteiger partial charge in [-0.05, 0) is 60.0 Å². The van der Waals surface area contributed by atoms with Crippen molar-refractivity contribution in [2.75, 3.05) is 0 Å². The van der Waals surface area contributed by atoms with Gasteiger partial charge in [0.15, 0.2) is 0 Å². The molecule has 0 atom stereocenters. The highest BCUT2D eigenvalue weighted by Crippen LogP contribution is 2.22. The number of hydrogen-bond donors (Lipinski definition) is 0. The lowest BCUT2D eigenvalue weighted by Gasteiger charge is -2.06. The molecule has 0 aromatic heterocycles. The molecule has 2 nitrogen and oxygen atoms in total. The minimum Gasteiger partial charge on any atom is -0.489 e. The van der Waals surface area contributed by atoms with Gasteiger partial charge in [0.05, 0.1) is 5.69 Å². The average molecular weight is 336 g/mol. The quantitative estimate of drug-likeness (QED) is 0.526. The van der Waals surface area contributed by atoms with Crippen LogP contribution in [-0.4, -0.2) is 6.21 Å². The molecule has 3 rings (SSSR count). The van der Waals surface area contributed by atoms with Crippen molar-refractivity contribution in [2.45, 2.75) is 13.5 Å². The molecule has 0 amide bonds. The highest BCUT2D eigenvalue weighted by Gasteiger charge is 1.98. The molecule has 0 spiro atoms. The Kier molecular flexibility index (Phi) is 5.29. The van der Waals surface area contributed by atoms with Crippen LogP contribution in [0.4, 0.5) is 5.69 Å². The Morgan fingerprint density at radius 2 is 1.71 bits per heavy atom. The second-order valence-corrected chi connectivity index (χ2v) is 5.94. The number of ether oxygens (including phenoxy) is 1. The summed E-state index contributed by atoms with van der Waals surface area (Å²) >= 11 is 6.11. The first kappa shape index (κ1) is 16.3. The molecular weight excluding hydrogens is 318 g/mol. The molecule has 0 saturated carbocycles. The molecule has 0 unspecified atom stereocenters. The maximum Gasteiger partial charge on any atom is 0.119 e. The Labute approximate surface area is 147 Å². The lowest BCUT2D eigenvalue weighted by Crippen LogP contribution is -1.94. The van der Waals surface area contributed by atoms with Gasteiger partial charge in [0.25, 0.3) is 0 Å². The van der Waals surface area contributed by atoms with Crippen molar-refractivity contribution in [2.24, 2.45) is 4.99 Å². The van der Waals surface area contributed by atoms with E-state index in [0.29, 0.717) is 6.61 Å². The predicted molar refractivity (Wildman–Crippen MR) is 101 cm³/mol. The molecule has 0 saturated heterocycles. The van der Waals surface area contributed by atoms with Gasteiger partial charge < -0.3 is 4.74 Å². The van der Waals surface area contributed by atoms with E-state index in [2.05, 4.69) is 4.99 Å². The van der Waals surface area contributed by atoms with E-state index in [1.165, 1.54) is 0 Å². The van der Waals surface area contributed by atoms with E-state index in [4.69, 9.17) is 16.3 Å². The van der Waals surface area contributed by atoms with Crippen molar-refractivity contribution >= 4 is 23.5 Å². The summed E-state index contributed by atoms with van der Waals surface area (Å²) in [7, 11) is 0. The fourth-order valence-electron chi connectivity index (χ4n) is 2.20. The van der Waals surface area contributed by atoms with Gasteiger partial charge in [0.2, 0.25) is 0 Å². The third-order valence-electron chi connectivity index (χ3n) is 3.65. The summed E-state index contributed by atoms with van der Waals surface area (Å²) in [5, 5.41) is 0.731. The molecule has 0 bridgehead atoms. The molecule has 0 fully saturated rings. The summed E-state index contributed by atoms with van der Waals surface area (Å²) in [5.41, 5.74) is 4.06. The van der Waals surface area contributed by atoms with E-state index in [1.807, 2.05) is 85.9 Å². The summed E-state index contributed by atoms with van der Waals surface area (Å²) in [6.45, 7) is 2.54. The number of halogens is 1. The molecular formula is C21H18ClNO. The van der Waals surface area contributed by atoms with E-state index in [1.54, 1.807) is 0 Å². The van der Waals surface area contributed by atoms with Crippen LogP contribution in [0.15, 0.2) is 77.8 Å². The van der Waals surface area contributed by atoms with Crippen molar-refractivity contribution in [3.8, 4) is 5.75 Å². The summed E-state index contributed by atoms with van der Waals surface area (Å²) in [6.07, 6.45) is 1.82. The molecule has 3 aromatic carbocycles. The van der Waals surface area contributed by atoms with E-state index in [0.717, 1.165) is 33.1 Å². The number of aryl methyl sites for hydroxylation is 1. The van der Waals surface area contributed by atoms with Gasteiger partial charge in [-0.3, -0.25) is 4.99 Å².